The van der Waals surface area contributed by atoms with Crippen LogP contribution >= 0.6 is 0 Å². The largest absolute Gasteiger partial charge is 0.506 e. The third-order valence-corrected chi connectivity index (χ3v) is 7.59. The van der Waals surface area contributed by atoms with Crippen LogP contribution in [0.25, 0.3) is 33.2 Å². The lowest BCUT2D eigenvalue weighted by atomic mass is 9.92. The summed E-state index contributed by atoms with van der Waals surface area (Å²) in [5.41, 5.74) is 4.71. The van der Waals surface area contributed by atoms with E-state index >= 15 is 0 Å². The SMILES string of the molecule is Cc1cc(F)cc(-c2cnc3ccc(-c4cc(F)cc(C#N)c4O)cc3c2N2CC(CN3CCOCC3)C2)c1. The molecule has 2 aliphatic rings. The molecule has 3 heterocycles. The molecule has 1 aromatic heterocycles. The van der Waals surface area contributed by atoms with Crippen LogP contribution in [0.2, 0.25) is 0 Å². The summed E-state index contributed by atoms with van der Waals surface area (Å²) in [6.45, 7) is 7.94. The molecule has 8 heteroatoms. The van der Waals surface area contributed by atoms with Crippen LogP contribution in [0.1, 0.15) is 11.1 Å². The molecule has 0 radical (unpaired) electrons. The van der Waals surface area contributed by atoms with Crippen LogP contribution in [0.5, 0.6) is 5.75 Å². The van der Waals surface area contributed by atoms with Crippen molar-refractivity contribution < 1.29 is 18.6 Å². The Hall–Kier alpha value is -4.06. The molecular formula is C31H28F2N4O2. The number of aromatic hydroxyl groups is 1. The van der Waals surface area contributed by atoms with Gasteiger partial charge in [0.1, 0.15) is 23.5 Å². The Morgan fingerprint density at radius 2 is 1.77 bits per heavy atom. The number of nitriles is 1. The van der Waals surface area contributed by atoms with E-state index in [1.165, 1.54) is 18.2 Å². The molecule has 4 aromatic rings. The summed E-state index contributed by atoms with van der Waals surface area (Å²) in [7, 11) is 0. The highest BCUT2D eigenvalue weighted by molar-refractivity contribution is 6.02. The second kappa shape index (κ2) is 10.3. The van der Waals surface area contributed by atoms with Gasteiger partial charge < -0.3 is 14.7 Å². The maximum atomic E-state index is 14.5. The quantitative estimate of drug-likeness (QED) is 0.370. The molecule has 2 fully saturated rings. The third kappa shape index (κ3) is 4.91. The summed E-state index contributed by atoms with van der Waals surface area (Å²) in [5.74, 6) is -0.691. The Balaban J connectivity index is 1.45. The molecule has 2 saturated heterocycles. The first kappa shape index (κ1) is 25.2. The van der Waals surface area contributed by atoms with Gasteiger partial charge in [-0.25, -0.2) is 8.78 Å². The standard InChI is InChI=1S/C31H28F2N4O2/c1-19-8-22(10-24(32)9-19)28-15-35-29-3-2-21(26-13-25(33)11-23(14-34)31(26)38)12-27(29)30(28)37-17-20(18-37)16-36-4-6-39-7-5-36/h2-3,8-13,15,20,38H,4-7,16-18H2,1H3. The Morgan fingerprint density at radius 1 is 1.00 bits per heavy atom. The number of halogens is 2. The maximum absolute atomic E-state index is 14.5. The minimum absolute atomic E-state index is 0.124. The lowest BCUT2D eigenvalue weighted by Crippen LogP contribution is -2.53. The minimum Gasteiger partial charge on any atom is -0.506 e. The lowest BCUT2D eigenvalue weighted by Gasteiger charge is -2.45. The van der Waals surface area contributed by atoms with Crippen molar-refractivity contribution in [2.75, 3.05) is 50.8 Å². The van der Waals surface area contributed by atoms with Gasteiger partial charge in [-0.1, -0.05) is 12.1 Å². The number of phenolic OH excluding ortho intramolecular Hbond substituents is 1. The molecular weight excluding hydrogens is 498 g/mol. The zero-order valence-corrected chi connectivity index (χ0v) is 21.6. The second-order valence-corrected chi connectivity index (χ2v) is 10.4. The van der Waals surface area contributed by atoms with Gasteiger partial charge in [0.05, 0.1) is 30.0 Å². The fourth-order valence-electron chi connectivity index (χ4n) is 5.71. The van der Waals surface area contributed by atoms with E-state index in [9.17, 15) is 19.1 Å². The molecule has 0 atom stereocenters. The Morgan fingerprint density at radius 3 is 2.51 bits per heavy atom. The number of rotatable bonds is 5. The summed E-state index contributed by atoms with van der Waals surface area (Å²) in [4.78, 5) is 9.41. The summed E-state index contributed by atoms with van der Waals surface area (Å²) < 4.78 is 34.3. The highest BCUT2D eigenvalue weighted by Gasteiger charge is 2.32. The summed E-state index contributed by atoms with van der Waals surface area (Å²) >= 11 is 0. The number of ether oxygens (including phenoxy) is 1. The van der Waals surface area contributed by atoms with Gasteiger partial charge in [-0.3, -0.25) is 9.88 Å². The fraction of sp³-hybridized carbons (Fsp3) is 0.290. The van der Waals surface area contributed by atoms with Gasteiger partial charge in [-0.05, 0) is 60.0 Å². The van der Waals surface area contributed by atoms with Gasteiger partial charge in [-0.2, -0.15) is 5.26 Å². The topological polar surface area (TPSA) is 72.6 Å². The van der Waals surface area contributed by atoms with Crippen molar-refractivity contribution in [3.8, 4) is 34.1 Å². The molecule has 6 nitrogen and oxygen atoms in total. The number of hydrogen-bond donors (Lipinski definition) is 1. The van der Waals surface area contributed by atoms with Gasteiger partial charge >= 0.3 is 0 Å². The zero-order chi connectivity index (χ0) is 27.1. The van der Waals surface area contributed by atoms with E-state index in [4.69, 9.17) is 4.74 Å². The lowest BCUT2D eigenvalue weighted by molar-refractivity contribution is 0.0286. The van der Waals surface area contributed by atoms with Crippen LogP contribution in [-0.2, 0) is 4.74 Å². The van der Waals surface area contributed by atoms with Gasteiger partial charge in [-0.15, -0.1) is 0 Å². The van der Waals surface area contributed by atoms with Crippen LogP contribution in [0, 0.1) is 35.8 Å². The number of benzene rings is 3. The van der Waals surface area contributed by atoms with E-state index in [1.54, 1.807) is 12.3 Å². The third-order valence-electron chi connectivity index (χ3n) is 7.59. The van der Waals surface area contributed by atoms with Crippen molar-refractivity contribution in [2.45, 2.75) is 6.92 Å². The molecule has 6 rings (SSSR count). The van der Waals surface area contributed by atoms with Crippen molar-refractivity contribution in [2.24, 2.45) is 5.92 Å². The number of aromatic nitrogens is 1. The molecule has 0 aliphatic carbocycles. The van der Waals surface area contributed by atoms with E-state index in [0.717, 1.165) is 85.3 Å². The van der Waals surface area contributed by atoms with Crippen molar-refractivity contribution in [3.05, 3.63) is 77.5 Å². The van der Waals surface area contributed by atoms with Crippen molar-refractivity contribution >= 4 is 16.6 Å². The molecule has 0 spiro atoms. The summed E-state index contributed by atoms with van der Waals surface area (Å²) in [6, 6.07) is 14.5. The highest BCUT2D eigenvalue weighted by atomic mass is 19.1. The number of anilines is 1. The summed E-state index contributed by atoms with van der Waals surface area (Å²) in [6.07, 6.45) is 1.79. The number of pyridine rings is 1. The van der Waals surface area contributed by atoms with Crippen molar-refractivity contribution in [1.29, 1.82) is 5.26 Å². The molecule has 39 heavy (non-hydrogen) atoms. The minimum atomic E-state index is -0.601. The van der Waals surface area contributed by atoms with Crippen molar-refractivity contribution in [1.82, 2.24) is 9.88 Å². The first-order valence-corrected chi connectivity index (χ1v) is 13.1. The smallest absolute Gasteiger partial charge is 0.141 e. The Labute approximate surface area is 225 Å². The normalized spacial score (nSPS) is 16.3. The van der Waals surface area contributed by atoms with Crippen LogP contribution in [-0.4, -0.2) is 60.9 Å². The molecule has 1 N–H and O–H groups in total. The molecule has 198 valence electrons. The number of aryl methyl sites for hydroxylation is 1. The summed E-state index contributed by atoms with van der Waals surface area (Å²) in [5, 5.41) is 20.9. The van der Waals surface area contributed by atoms with Crippen molar-refractivity contribution in [3.63, 3.8) is 0 Å². The van der Waals surface area contributed by atoms with Gasteiger partial charge in [0, 0.05) is 61.4 Å². The molecule has 3 aromatic carbocycles. The highest BCUT2D eigenvalue weighted by Crippen LogP contribution is 2.42. The first-order valence-electron chi connectivity index (χ1n) is 13.1. The molecule has 0 amide bonds. The first-order chi connectivity index (χ1) is 18.9. The predicted molar refractivity (Wildman–Crippen MR) is 147 cm³/mol. The number of phenols is 1. The van der Waals surface area contributed by atoms with Crippen LogP contribution in [0.3, 0.4) is 0 Å². The molecule has 0 bridgehead atoms. The van der Waals surface area contributed by atoms with Gasteiger partial charge in [0.2, 0.25) is 0 Å². The number of morpholine rings is 1. The average molecular weight is 527 g/mol. The maximum Gasteiger partial charge on any atom is 0.141 e. The zero-order valence-electron chi connectivity index (χ0n) is 21.6. The van der Waals surface area contributed by atoms with Gasteiger partial charge in [0.15, 0.2) is 0 Å². The monoisotopic (exact) mass is 526 g/mol. The molecule has 0 unspecified atom stereocenters. The Bertz CT molecular complexity index is 1580. The van der Waals surface area contributed by atoms with E-state index < -0.39 is 5.82 Å². The predicted octanol–water partition coefficient (Wildman–Crippen LogP) is 5.50. The van der Waals surface area contributed by atoms with Crippen LogP contribution in [0.4, 0.5) is 14.5 Å². The second-order valence-electron chi connectivity index (χ2n) is 10.4. The number of hydrogen-bond acceptors (Lipinski definition) is 6. The average Bonchev–Trinajstić information content (AvgIpc) is 2.91. The van der Waals surface area contributed by atoms with Gasteiger partial charge in [0.25, 0.3) is 0 Å². The number of nitrogens with zero attached hydrogens (tertiary/aromatic N) is 4. The van der Waals surface area contributed by atoms with E-state index in [2.05, 4.69) is 14.8 Å². The Kier molecular flexibility index (Phi) is 6.63. The molecule has 2 aliphatic heterocycles. The van der Waals surface area contributed by atoms with Crippen LogP contribution < -0.4 is 4.90 Å². The number of fused-ring (bicyclic) bond motifs is 1. The van der Waals surface area contributed by atoms with Crippen LogP contribution in [0.15, 0.2) is 54.7 Å². The molecule has 0 saturated carbocycles. The van der Waals surface area contributed by atoms with E-state index in [0.29, 0.717) is 11.5 Å². The van der Waals surface area contributed by atoms with E-state index in [-0.39, 0.29) is 22.7 Å². The van der Waals surface area contributed by atoms with E-state index in [1.807, 2.05) is 31.2 Å². The fourth-order valence-corrected chi connectivity index (χ4v) is 5.71.